The van der Waals surface area contributed by atoms with Crippen molar-refractivity contribution in [3.63, 3.8) is 0 Å². The number of rotatable bonds is 12. The molecule has 0 unspecified atom stereocenters. The fraction of sp³-hybridized carbons (Fsp3) is 0.269. The molecule has 0 saturated carbocycles. The van der Waals surface area contributed by atoms with Gasteiger partial charge in [0.1, 0.15) is 12.2 Å². The SMILES string of the molecule is C[C@H](OCc1ccccc1)[C@@H](OCc1ccccc1)[C@H](C=O)OCc1ccccc1. The number of carbonyl (C=O) groups is 1. The van der Waals surface area contributed by atoms with Gasteiger partial charge in [-0.05, 0) is 23.6 Å². The topological polar surface area (TPSA) is 44.8 Å². The molecule has 0 aliphatic heterocycles. The quantitative estimate of drug-likeness (QED) is 0.400. The maximum atomic E-state index is 11.9. The highest BCUT2D eigenvalue weighted by Crippen LogP contribution is 2.17. The van der Waals surface area contributed by atoms with E-state index in [1.165, 1.54) is 0 Å². The van der Waals surface area contributed by atoms with Gasteiger partial charge in [-0.1, -0.05) is 91.0 Å². The maximum Gasteiger partial charge on any atom is 0.151 e. The van der Waals surface area contributed by atoms with Crippen molar-refractivity contribution in [2.75, 3.05) is 0 Å². The van der Waals surface area contributed by atoms with Crippen LogP contribution in [-0.2, 0) is 38.8 Å². The van der Waals surface area contributed by atoms with E-state index in [1.54, 1.807) is 0 Å². The van der Waals surface area contributed by atoms with Gasteiger partial charge in [-0.2, -0.15) is 0 Å². The summed E-state index contributed by atoms with van der Waals surface area (Å²) in [5.41, 5.74) is 3.11. The Morgan fingerprint density at radius 3 is 1.47 bits per heavy atom. The Bertz CT molecular complexity index is 852. The van der Waals surface area contributed by atoms with E-state index in [9.17, 15) is 4.79 Å². The lowest BCUT2D eigenvalue weighted by Gasteiger charge is -2.29. The summed E-state index contributed by atoms with van der Waals surface area (Å²) in [6.45, 7) is 3.07. The van der Waals surface area contributed by atoms with Gasteiger partial charge in [-0.15, -0.1) is 0 Å². The molecule has 0 amide bonds. The number of hydrogen-bond acceptors (Lipinski definition) is 4. The van der Waals surface area contributed by atoms with Gasteiger partial charge < -0.3 is 19.0 Å². The first kappa shape index (κ1) is 21.9. The van der Waals surface area contributed by atoms with Crippen molar-refractivity contribution < 1.29 is 19.0 Å². The smallest absolute Gasteiger partial charge is 0.151 e. The molecule has 0 spiro atoms. The van der Waals surface area contributed by atoms with Crippen LogP contribution in [0, 0.1) is 0 Å². The zero-order valence-corrected chi connectivity index (χ0v) is 17.2. The highest BCUT2D eigenvalue weighted by Gasteiger charge is 2.29. The highest BCUT2D eigenvalue weighted by atomic mass is 16.6. The van der Waals surface area contributed by atoms with E-state index in [2.05, 4.69) is 0 Å². The first-order valence-electron chi connectivity index (χ1n) is 10.2. The lowest BCUT2D eigenvalue weighted by Crippen LogP contribution is -2.42. The average molecular weight is 405 g/mol. The fourth-order valence-corrected chi connectivity index (χ4v) is 3.14. The zero-order valence-electron chi connectivity index (χ0n) is 17.2. The first-order valence-corrected chi connectivity index (χ1v) is 10.2. The monoisotopic (exact) mass is 404 g/mol. The van der Waals surface area contributed by atoms with Gasteiger partial charge in [-0.25, -0.2) is 0 Å². The molecule has 3 rings (SSSR count). The number of benzene rings is 3. The van der Waals surface area contributed by atoms with Crippen molar-refractivity contribution in [1.29, 1.82) is 0 Å². The fourth-order valence-electron chi connectivity index (χ4n) is 3.14. The Morgan fingerprint density at radius 2 is 1.03 bits per heavy atom. The summed E-state index contributed by atoms with van der Waals surface area (Å²) >= 11 is 0. The predicted octanol–water partition coefficient (Wildman–Crippen LogP) is 4.96. The molecule has 0 heterocycles. The molecule has 0 aliphatic rings. The molecule has 4 nitrogen and oxygen atoms in total. The van der Waals surface area contributed by atoms with E-state index < -0.39 is 12.2 Å². The van der Waals surface area contributed by atoms with Gasteiger partial charge in [0.25, 0.3) is 0 Å². The predicted molar refractivity (Wildman–Crippen MR) is 117 cm³/mol. The summed E-state index contributed by atoms with van der Waals surface area (Å²) < 4.78 is 18.1. The van der Waals surface area contributed by atoms with Crippen molar-refractivity contribution in [2.45, 2.75) is 45.1 Å². The normalized spacial score (nSPS) is 14.0. The molecule has 0 N–H and O–H groups in total. The van der Waals surface area contributed by atoms with E-state index in [0.29, 0.717) is 19.8 Å². The summed E-state index contributed by atoms with van der Waals surface area (Å²) in [6.07, 6.45) is -0.796. The summed E-state index contributed by atoms with van der Waals surface area (Å²) in [5.74, 6) is 0. The van der Waals surface area contributed by atoms with Gasteiger partial charge in [0.2, 0.25) is 0 Å². The van der Waals surface area contributed by atoms with Crippen molar-refractivity contribution in [3.05, 3.63) is 108 Å². The van der Waals surface area contributed by atoms with Gasteiger partial charge >= 0.3 is 0 Å². The first-order chi connectivity index (χ1) is 14.8. The molecule has 0 bridgehead atoms. The molecule has 0 radical (unpaired) electrons. The molecule has 4 heteroatoms. The van der Waals surface area contributed by atoms with Crippen LogP contribution in [0.2, 0.25) is 0 Å². The van der Waals surface area contributed by atoms with E-state index in [1.807, 2.05) is 97.9 Å². The van der Waals surface area contributed by atoms with Crippen LogP contribution in [0.15, 0.2) is 91.0 Å². The van der Waals surface area contributed by atoms with E-state index in [-0.39, 0.29) is 6.10 Å². The van der Waals surface area contributed by atoms with Crippen molar-refractivity contribution >= 4 is 6.29 Å². The zero-order chi connectivity index (χ0) is 21.0. The molecule has 0 aliphatic carbocycles. The van der Waals surface area contributed by atoms with Crippen LogP contribution >= 0.6 is 0 Å². The minimum Gasteiger partial charge on any atom is -0.371 e. The third-order valence-electron chi connectivity index (χ3n) is 4.85. The van der Waals surface area contributed by atoms with E-state index >= 15 is 0 Å². The minimum absolute atomic E-state index is 0.333. The average Bonchev–Trinajstić information content (AvgIpc) is 2.81. The largest absolute Gasteiger partial charge is 0.371 e. The van der Waals surface area contributed by atoms with Gasteiger partial charge in [-0.3, -0.25) is 0 Å². The van der Waals surface area contributed by atoms with Crippen LogP contribution in [0.5, 0.6) is 0 Å². The second kappa shape index (κ2) is 12.0. The number of ether oxygens (including phenoxy) is 3. The molecule has 30 heavy (non-hydrogen) atoms. The second-order valence-corrected chi connectivity index (χ2v) is 7.16. The van der Waals surface area contributed by atoms with E-state index in [4.69, 9.17) is 14.2 Å². The second-order valence-electron chi connectivity index (χ2n) is 7.16. The Kier molecular flexibility index (Phi) is 8.79. The van der Waals surface area contributed by atoms with E-state index in [0.717, 1.165) is 23.0 Å². The highest BCUT2D eigenvalue weighted by molar-refractivity contribution is 5.57. The maximum absolute atomic E-state index is 11.9. The minimum atomic E-state index is -0.736. The summed E-state index contributed by atoms with van der Waals surface area (Å²) in [4.78, 5) is 11.9. The number of hydrogen-bond donors (Lipinski definition) is 0. The third-order valence-corrected chi connectivity index (χ3v) is 4.85. The number of aldehydes is 1. The van der Waals surface area contributed by atoms with Crippen LogP contribution in [0.4, 0.5) is 0 Å². The van der Waals surface area contributed by atoms with Gasteiger partial charge in [0.05, 0.1) is 25.9 Å². The lowest BCUT2D eigenvalue weighted by atomic mass is 10.1. The van der Waals surface area contributed by atoms with Crippen molar-refractivity contribution in [2.24, 2.45) is 0 Å². The van der Waals surface area contributed by atoms with Crippen LogP contribution in [0.25, 0.3) is 0 Å². The summed E-state index contributed by atoms with van der Waals surface area (Å²) in [5, 5.41) is 0. The molecule has 3 atom stereocenters. The molecular formula is C26H28O4. The molecule has 0 aromatic heterocycles. The summed E-state index contributed by atoms with van der Waals surface area (Å²) in [6, 6.07) is 29.6. The molecule has 3 aromatic carbocycles. The lowest BCUT2D eigenvalue weighted by molar-refractivity contribution is -0.155. The third kappa shape index (κ3) is 6.92. The van der Waals surface area contributed by atoms with Gasteiger partial charge in [0, 0.05) is 0 Å². The van der Waals surface area contributed by atoms with Crippen LogP contribution in [-0.4, -0.2) is 24.6 Å². The van der Waals surface area contributed by atoms with Crippen LogP contribution in [0.1, 0.15) is 23.6 Å². The molecule has 0 saturated heterocycles. The van der Waals surface area contributed by atoms with Crippen LogP contribution < -0.4 is 0 Å². The Hall–Kier alpha value is -2.79. The molecule has 0 fully saturated rings. The molecule has 3 aromatic rings. The van der Waals surface area contributed by atoms with Gasteiger partial charge in [0.15, 0.2) is 6.29 Å². The van der Waals surface area contributed by atoms with Crippen LogP contribution in [0.3, 0.4) is 0 Å². The summed E-state index contributed by atoms with van der Waals surface area (Å²) in [7, 11) is 0. The van der Waals surface area contributed by atoms with Crippen molar-refractivity contribution in [3.8, 4) is 0 Å². The van der Waals surface area contributed by atoms with Crippen molar-refractivity contribution in [1.82, 2.24) is 0 Å². The molecular weight excluding hydrogens is 376 g/mol. The Morgan fingerprint density at radius 1 is 0.633 bits per heavy atom. The number of carbonyl (C=O) groups excluding carboxylic acids is 1. The molecule has 156 valence electrons. The Labute approximate surface area is 178 Å². The standard InChI is InChI=1S/C26H28O4/c1-21(28-18-22-11-5-2-6-12-22)26(30-20-24-15-9-4-10-16-24)25(17-27)29-19-23-13-7-3-8-14-23/h2-17,21,25-26H,18-20H2,1H3/t21-,25-,26+/m0/s1. The Balaban J connectivity index is 1.66.